The molecule has 1 aromatic carbocycles. The van der Waals surface area contributed by atoms with Gasteiger partial charge in [-0.1, -0.05) is 82.6 Å². The van der Waals surface area contributed by atoms with Crippen molar-refractivity contribution in [3.05, 3.63) is 35.4 Å². The van der Waals surface area contributed by atoms with Gasteiger partial charge in [0.25, 0.3) is 0 Å². The van der Waals surface area contributed by atoms with E-state index in [-0.39, 0.29) is 5.92 Å². The third kappa shape index (κ3) is 7.12. The number of Topliss-reactive ketones (excluding diaryl/α,β-unsaturated/α-hetero) is 1. The minimum Gasteiger partial charge on any atom is -0.287 e. The van der Waals surface area contributed by atoms with Gasteiger partial charge in [-0.25, -0.2) is 0 Å². The summed E-state index contributed by atoms with van der Waals surface area (Å²) in [6, 6.07) is 3.05. The molecule has 0 amide bonds. The van der Waals surface area contributed by atoms with Crippen LogP contribution in [0.3, 0.4) is 0 Å². The molecule has 2 fully saturated rings. The van der Waals surface area contributed by atoms with Crippen LogP contribution in [0, 0.1) is 17.8 Å². The highest BCUT2D eigenvalue weighted by Crippen LogP contribution is 2.62. The van der Waals surface area contributed by atoms with E-state index in [2.05, 4.69) is 6.92 Å². The van der Waals surface area contributed by atoms with Crippen LogP contribution in [0.1, 0.15) is 106 Å². The molecule has 16 heteroatoms. The van der Waals surface area contributed by atoms with Crippen molar-refractivity contribution in [2.45, 2.75) is 132 Å². The fourth-order valence-corrected chi connectivity index (χ4v) is 6.67. The summed E-state index contributed by atoms with van der Waals surface area (Å²) in [4.78, 5) is 12.2. The topological polar surface area (TPSA) is 17.1 Å². The molecule has 1 aromatic rings. The maximum Gasteiger partial charge on any atom is 0.460 e. The molecule has 0 radical (unpaired) electrons. The predicted molar refractivity (Wildman–Crippen MR) is 141 cm³/mol. The quantitative estimate of drug-likeness (QED) is 0.147. The average Bonchev–Trinajstić information content (AvgIpc) is 2.99. The van der Waals surface area contributed by atoms with Gasteiger partial charge in [0.1, 0.15) is 0 Å². The van der Waals surface area contributed by atoms with Gasteiger partial charge >= 0.3 is 41.7 Å². The van der Waals surface area contributed by atoms with Crippen LogP contribution < -0.4 is 0 Å². The molecule has 0 aromatic heterocycles. The molecule has 2 saturated carbocycles. The van der Waals surface area contributed by atoms with Gasteiger partial charge in [0.2, 0.25) is 5.78 Å². The number of rotatable bonds is 13. The smallest absolute Gasteiger partial charge is 0.287 e. The Balaban J connectivity index is 1.66. The second kappa shape index (κ2) is 13.6. The third-order valence-corrected chi connectivity index (χ3v) is 9.75. The Kier molecular flexibility index (Phi) is 11.4. The highest BCUT2D eigenvalue weighted by molar-refractivity contribution is 6.02. The predicted octanol–water partition coefficient (Wildman–Crippen LogP) is 11.9. The standard InChI is InChI=1S/C31H35F15O/c1-2-3-18-4-6-19(7-5-18)8-9-20-10-12-21(13-11-20)22-14-16-23(17-15-22)24(47)25(32,33)26(34,35)27(36,37)28(38,39)29(40,41)30(42,43)31(44,45)46/h14-21H,2-13H2,1H3/t18-,19-,20-,21-. The van der Waals surface area contributed by atoms with Crippen LogP contribution in [0.4, 0.5) is 65.9 Å². The zero-order chi connectivity index (χ0) is 35.9. The Hall–Kier alpha value is -2.16. The number of carbonyl (C=O) groups excluding carboxylic acids is 1. The maximum atomic E-state index is 14.4. The third-order valence-electron chi connectivity index (χ3n) is 9.75. The van der Waals surface area contributed by atoms with E-state index < -0.39 is 53.1 Å². The molecule has 0 bridgehead atoms. The molecule has 0 unspecified atom stereocenters. The van der Waals surface area contributed by atoms with Gasteiger partial charge < -0.3 is 0 Å². The lowest BCUT2D eigenvalue weighted by Gasteiger charge is -2.41. The maximum absolute atomic E-state index is 14.4. The Morgan fingerprint density at radius 3 is 1.30 bits per heavy atom. The highest BCUT2D eigenvalue weighted by atomic mass is 19.4. The molecule has 270 valence electrons. The molecule has 0 saturated heterocycles. The summed E-state index contributed by atoms with van der Waals surface area (Å²) in [5, 5.41) is 0. The lowest BCUT2D eigenvalue weighted by molar-refractivity contribution is -0.449. The van der Waals surface area contributed by atoms with Gasteiger partial charge in [-0.15, -0.1) is 0 Å². The summed E-state index contributed by atoms with van der Waals surface area (Å²) in [5.74, 6) is -49.5. The first-order valence-corrected chi connectivity index (χ1v) is 15.3. The van der Waals surface area contributed by atoms with Crippen molar-refractivity contribution < 1.29 is 70.7 Å². The SMILES string of the molecule is CCC[C@H]1CC[C@H](CC[C@H]2CC[C@H](c3ccc(C(=O)C(F)(F)C(F)(F)C(F)(F)C(F)(F)C(F)(F)C(F)(F)C(F)(F)F)cc3)CC2)CC1. The normalized spacial score (nSPS) is 24.3. The Labute approximate surface area is 261 Å². The van der Waals surface area contributed by atoms with Gasteiger partial charge in [0.15, 0.2) is 0 Å². The van der Waals surface area contributed by atoms with Crippen LogP contribution >= 0.6 is 0 Å². The zero-order valence-electron chi connectivity index (χ0n) is 25.2. The number of halogens is 15. The second-order valence-corrected chi connectivity index (χ2v) is 12.9. The molecule has 3 rings (SSSR count). The summed E-state index contributed by atoms with van der Waals surface area (Å²) in [6.45, 7) is 2.17. The van der Waals surface area contributed by atoms with Crippen molar-refractivity contribution in [3.8, 4) is 0 Å². The highest BCUT2D eigenvalue weighted by Gasteiger charge is 2.94. The van der Waals surface area contributed by atoms with E-state index >= 15 is 0 Å². The number of alkyl halides is 15. The number of ketones is 1. The van der Waals surface area contributed by atoms with E-state index in [1.54, 1.807) is 0 Å². The summed E-state index contributed by atoms with van der Waals surface area (Å²) in [7, 11) is 0. The number of carbonyl (C=O) groups is 1. The fraction of sp³-hybridized carbons (Fsp3) is 0.774. The molecule has 47 heavy (non-hydrogen) atoms. The first-order valence-electron chi connectivity index (χ1n) is 15.3. The molecule has 0 heterocycles. The molecular weight excluding hydrogens is 673 g/mol. The molecule has 0 atom stereocenters. The lowest BCUT2D eigenvalue weighted by atomic mass is 9.74. The van der Waals surface area contributed by atoms with E-state index in [0.717, 1.165) is 43.7 Å². The molecule has 1 nitrogen and oxygen atoms in total. The fourth-order valence-electron chi connectivity index (χ4n) is 6.67. The van der Waals surface area contributed by atoms with Crippen LogP contribution in [0.2, 0.25) is 0 Å². The van der Waals surface area contributed by atoms with Crippen LogP contribution in [-0.2, 0) is 0 Å². The Morgan fingerprint density at radius 2 is 0.894 bits per heavy atom. The summed E-state index contributed by atoms with van der Waals surface area (Å²) >= 11 is 0. The van der Waals surface area contributed by atoms with E-state index in [1.807, 2.05) is 0 Å². The second-order valence-electron chi connectivity index (χ2n) is 12.9. The Morgan fingerprint density at radius 1 is 0.532 bits per heavy atom. The first kappa shape index (κ1) is 39.3. The monoisotopic (exact) mass is 708 g/mol. The zero-order valence-corrected chi connectivity index (χ0v) is 25.2. The number of hydrogen-bond donors (Lipinski definition) is 0. The van der Waals surface area contributed by atoms with Gasteiger partial charge in [-0.2, -0.15) is 65.9 Å². The van der Waals surface area contributed by atoms with Crippen LogP contribution in [0.25, 0.3) is 0 Å². The van der Waals surface area contributed by atoms with Gasteiger partial charge in [-0.3, -0.25) is 4.79 Å². The van der Waals surface area contributed by atoms with E-state index in [9.17, 15) is 70.7 Å². The average molecular weight is 709 g/mol. The van der Waals surface area contributed by atoms with Gasteiger partial charge in [0, 0.05) is 5.56 Å². The van der Waals surface area contributed by atoms with E-state index in [4.69, 9.17) is 0 Å². The number of benzene rings is 1. The van der Waals surface area contributed by atoms with E-state index in [1.165, 1.54) is 38.5 Å². The van der Waals surface area contributed by atoms with Crippen molar-refractivity contribution in [2.24, 2.45) is 17.8 Å². The minimum atomic E-state index is -8.43. The summed E-state index contributed by atoms with van der Waals surface area (Å²) in [6.07, 6.45) is 4.70. The molecule has 2 aliphatic rings. The lowest BCUT2D eigenvalue weighted by Crippen LogP contribution is -2.73. The molecule has 0 aliphatic heterocycles. The minimum absolute atomic E-state index is 0.151. The van der Waals surface area contributed by atoms with Crippen molar-refractivity contribution in [1.29, 1.82) is 0 Å². The van der Waals surface area contributed by atoms with Gasteiger partial charge in [-0.05, 0) is 54.9 Å². The van der Waals surface area contributed by atoms with Crippen LogP contribution in [0.5, 0.6) is 0 Å². The van der Waals surface area contributed by atoms with Crippen molar-refractivity contribution in [3.63, 3.8) is 0 Å². The molecule has 0 N–H and O–H groups in total. The first-order chi connectivity index (χ1) is 21.4. The molecular formula is C31H35F15O. The molecule has 2 aliphatic carbocycles. The van der Waals surface area contributed by atoms with Gasteiger partial charge in [0.05, 0.1) is 0 Å². The number of hydrogen-bond acceptors (Lipinski definition) is 1. The van der Waals surface area contributed by atoms with Crippen molar-refractivity contribution >= 4 is 5.78 Å². The summed E-state index contributed by atoms with van der Waals surface area (Å²) < 4.78 is 202. The van der Waals surface area contributed by atoms with Crippen LogP contribution in [0.15, 0.2) is 24.3 Å². The summed E-state index contributed by atoms with van der Waals surface area (Å²) in [5.41, 5.74) is -0.998. The van der Waals surface area contributed by atoms with E-state index in [0.29, 0.717) is 42.4 Å². The molecule has 0 spiro atoms. The largest absolute Gasteiger partial charge is 0.460 e. The van der Waals surface area contributed by atoms with Crippen molar-refractivity contribution in [1.82, 2.24) is 0 Å². The van der Waals surface area contributed by atoms with Crippen LogP contribution in [-0.4, -0.2) is 47.5 Å². The van der Waals surface area contributed by atoms with Crippen molar-refractivity contribution in [2.75, 3.05) is 0 Å². The Bertz CT molecular complexity index is 1190.